The first kappa shape index (κ1) is 29.7. The summed E-state index contributed by atoms with van der Waals surface area (Å²) in [4.78, 5) is 12.3. The minimum absolute atomic E-state index is 0.0427. The molecule has 0 saturated carbocycles. The topological polar surface area (TPSA) is 100 Å². The van der Waals surface area contributed by atoms with Gasteiger partial charge in [0.15, 0.2) is 0 Å². The van der Waals surface area contributed by atoms with Crippen LogP contribution < -0.4 is 24.4 Å². The van der Waals surface area contributed by atoms with Gasteiger partial charge in [-0.25, -0.2) is 0 Å². The summed E-state index contributed by atoms with van der Waals surface area (Å²) < 4.78 is 54.2. The van der Waals surface area contributed by atoms with Crippen LogP contribution >= 0.6 is 11.6 Å². The lowest BCUT2D eigenvalue weighted by Gasteiger charge is -2.24. The molecule has 8 nitrogen and oxygen atoms in total. The molecule has 218 valence electrons. The average molecular weight is 593 g/mol. The minimum Gasteiger partial charge on any atom is -0.497 e. The molecule has 41 heavy (non-hydrogen) atoms. The van der Waals surface area contributed by atoms with E-state index in [4.69, 9.17) is 26.2 Å². The maximum Gasteiger partial charge on any atom is 0.573 e. The largest absolute Gasteiger partial charge is 0.573 e. The van der Waals surface area contributed by atoms with E-state index in [1.165, 1.54) is 24.1 Å². The van der Waals surface area contributed by atoms with E-state index < -0.39 is 12.3 Å². The van der Waals surface area contributed by atoms with Gasteiger partial charge >= 0.3 is 12.3 Å². The Bertz CT molecular complexity index is 1440. The van der Waals surface area contributed by atoms with E-state index in [2.05, 4.69) is 10.1 Å². The van der Waals surface area contributed by atoms with Gasteiger partial charge in [0.1, 0.15) is 22.9 Å². The Hall–Kier alpha value is -4.25. The number of aliphatic hydroxyl groups excluding tert-OH is 1. The third-order valence-corrected chi connectivity index (χ3v) is 6.59. The average Bonchev–Trinajstić information content (AvgIpc) is 3.33. The second kappa shape index (κ2) is 12.5. The van der Waals surface area contributed by atoms with E-state index in [0.717, 1.165) is 5.56 Å². The number of ether oxygens (including phenoxy) is 3. The Balaban J connectivity index is 1.73. The fraction of sp³-hybridized carbons (Fsp3) is 0.276. The van der Waals surface area contributed by atoms with Crippen LogP contribution in [0.1, 0.15) is 29.5 Å². The second-order valence-electron chi connectivity index (χ2n) is 9.26. The number of alkyl halides is 3. The third kappa shape index (κ3) is 7.69. The van der Waals surface area contributed by atoms with E-state index in [0.29, 0.717) is 58.4 Å². The van der Waals surface area contributed by atoms with Crippen LogP contribution in [0.2, 0.25) is 5.02 Å². The van der Waals surface area contributed by atoms with Crippen LogP contribution in [-0.4, -0.2) is 42.8 Å². The molecule has 0 radical (unpaired) electrons. The summed E-state index contributed by atoms with van der Waals surface area (Å²) in [6, 6.07) is 14.2. The van der Waals surface area contributed by atoms with Crippen LogP contribution in [0.15, 0.2) is 60.5 Å². The Labute approximate surface area is 239 Å². The number of carboxylic acid groups (broad SMARTS) is 1. The van der Waals surface area contributed by atoms with Crippen molar-refractivity contribution in [3.63, 3.8) is 0 Å². The highest BCUT2D eigenvalue weighted by Gasteiger charge is 2.33. The van der Waals surface area contributed by atoms with E-state index in [9.17, 15) is 23.1 Å². The Morgan fingerprint density at radius 2 is 1.76 bits per heavy atom. The van der Waals surface area contributed by atoms with Crippen LogP contribution in [0.5, 0.6) is 17.2 Å². The number of aryl methyl sites for hydroxylation is 1. The highest BCUT2D eigenvalue weighted by atomic mass is 35.5. The molecule has 0 aliphatic carbocycles. The summed E-state index contributed by atoms with van der Waals surface area (Å²) >= 11 is 6.09. The highest BCUT2D eigenvalue weighted by molar-refractivity contribution is 6.30. The molecule has 1 aliphatic heterocycles. The molecule has 0 bridgehead atoms. The Kier molecular flexibility index (Phi) is 9.07. The number of anilines is 2. The van der Waals surface area contributed by atoms with Crippen molar-refractivity contribution in [2.24, 2.45) is 0 Å². The van der Waals surface area contributed by atoms with Gasteiger partial charge in [-0.1, -0.05) is 23.7 Å². The van der Waals surface area contributed by atoms with Crippen molar-refractivity contribution in [1.29, 1.82) is 0 Å². The zero-order valence-corrected chi connectivity index (χ0v) is 23.0. The number of aliphatic hydroxyl groups is 1. The fourth-order valence-electron chi connectivity index (χ4n) is 4.50. The number of fused-ring (bicyclic) bond motifs is 1. The highest BCUT2D eigenvalue weighted by Crippen LogP contribution is 2.40. The molecule has 0 saturated heterocycles. The maximum absolute atomic E-state index is 13.0. The number of hydrogen-bond acceptors (Lipinski definition) is 7. The normalized spacial score (nSPS) is 13.4. The number of rotatable bonds is 11. The van der Waals surface area contributed by atoms with Crippen LogP contribution in [-0.2, 0) is 11.2 Å². The van der Waals surface area contributed by atoms with Crippen molar-refractivity contribution in [2.75, 3.05) is 30.5 Å². The first-order valence-electron chi connectivity index (χ1n) is 12.6. The summed E-state index contributed by atoms with van der Waals surface area (Å²) in [5.41, 5.74) is 3.06. The summed E-state index contributed by atoms with van der Waals surface area (Å²) in [5, 5.41) is 24.1. The van der Waals surface area contributed by atoms with Gasteiger partial charge in [-0.15, -0.1) is 13.2 Å². The zero-order chi connectivity index (χ0) is 29.7. The zero-order valence-electron chi connectivity index (χ0n) is 22.2. The molecule has 0 amide bonds. The first-order chi connectivity index (χ1) is 19.4. The summed E-state index contributed by atoms with van der Waals surface area (Å²) in [7, 11) is 1.48. The molecule has 4 rings (SSSR count). The molecular formula is C29H28ClF3N2O6. The van der Waals surface area contributed by atoms with Gasteiger partial charge in [0.05, 0.1) is 19.4 Å². The molecule has 0 unspecified atom stereocenters. The maximum atomic E-state index is 13.0. The number of carbonyl (C=O) groups is 1. The van der Waals surface area contributed by atoms with Gasteiger partial charge < -0.3 is 34.6 Å². The summed E-state index contributed by atoms with van der Waals surface area (Å²) in [6.07, 6.45) is -4.10. The van der Waals surface area contributed by atoms with Gasteiger partial charge in [0, 0.05) is 53.5 Å². The van der Waals surface area contributed by atoms with Gasteiger partial charge in [-0.3, -0.25) is 4.79 Å². The quantitative estimate of drug-likeness (QED) is 0.159. The number of benzene rings is 3. The lowest BCUT2D eigenvalue weighted by atomic mass is 10.1. The lowest BCUT2D eigenvalue weighted by molar-refractivity contribution is -0.274. The molecule has 0 spiro atoms. The lowest BCUT2D eigenvalue weighted by Crippen LogP contribution is -2.23. The third-order valence-electron chi connectivity index (χ3n) is 6.33. The molecule has 0 atom stereocenters. The number of hydrogen-bond donors (Lipinski definition) is 3. The number of methoxy groups -OCH3 is 1. The molecule has 3 aromatic carbocycles. The van der Waals surface area contributed by atoms with Gasteiger partial charge in [-0.05, 0) is 49.1 Å². The van der Waals surface area contributed by atoms with Crippen molar-refractivity contribution >= 4 is 34.6 Å². The van der Waals surface area contributed by atoms with E-state index in [-0.39, 0.29) is 30.4 Å². The molecule has 3 aromatic rings. The first-order valence-corrected chi connectivity index (χ1v) is 13.0. The molecule has 1 heterocycles. The SMILES string of the molecule is COc1cc(NC(=C(O)N2CCc3c(C)cc(OC(F)(F)F)cc32)c2ccc(Cl)cc2)cc(OCCCC(=O)O)c1. The smallest absolute Gasteiger partial charge is 0.497 e. The summed E-state index contributed by atoms with van der Waals surface area (Å²) in [5.74, 6) is -0.698. The molecule has 1 aliphatic rings. The number of carboxylic acids is 1. The van der Waals surface area contributed by atoms with Crippen LogP contribution in [0, 0.1) is 6.92 Å². The Morgan fingerprint density at radius 1 is 1.05 bits per heavy atom. The van der Waals surface area contributed by atoms with E-state index in [1.807, 2.05) is 0 Å². The summed E-state index contributed by atoms with van der Waals surface area (Å²) in [6.45, 7) is 2.17. The van der Waals surface area contributed by atoms with Gasteiger partial charge in [0.2, 0.25) is 5.88 Å². The van der Waals surface area contributed by atoms with Crippen LogP contribution in [0.4, 0.5) is 24.5 Å². The van der Waals surface area contributed by atoms with Crippen molar-refractivity contribution < 1.29 is 42.4 Å². The number of nitrogens with one attached hydrogen (secondary N) is 1. The van der Waals surface area contributed by atoms with Gasteiger partial charge in [-0.2, -0.15) is 0 Å². The van der Waals surface area contributed by atoms with E-state index in [1.54, 1.807) is 49.4 Å². The molecular weight excluding hydrogens is 565 g/mol. The van der Waals surface area contributed by atoms with E-state index >= 15 is 0 Å². The molecule has 0 fully saturated rings. The molecule has 0 aromatic heterocycles. The number of halogens is 4. The van der Waals surface area contributed by atoms with Crippen molar-refractivity contribution in [3.05, 3.63) is 82.2 Å². The Morgan fingerprint density at radius 3 is 2.41 bits per heavy atom. The standard InChI is InChI=1S/C29H28ClF3N2O6/c1-17-12-23(41-29(31,32)33)16-25-24(17)9-10-35(25)28(38)27(18-5-7-19(30)8-6-18)34-20-13-21(39-2)15-22(14-20)40-11-3-4-26(36)37/h5-8,12-16,34,38H,3-4,9-11H2,1-2H3,(H,36,37). The van der Waals surface area contributed by atoms with Crippen molar-refractivity contribution in [3.8, 4) is 17.2 Å². The molecule has 3 N–H and O–H groups in total. The predicted octanol–water partition coefficient (Wildman–Crippen LogP) is 7.16. The van der Waals surface area contributed by atoms with Crippen LogP contribution in [0.25, 0.3) is 5.70 Å². The number of aliphatic carboxylic acids is 1. The van der Waals surface area contributed by atoms with Crippen LogP contribution in [0.3, 0.4) is 0 Å². The monoisotopic (exact) mass is 592 g/mol. The predicted molar refractivity (Wildman–Crippen MR) is 149 cm³/mol. The fourth-order valence-corrected chi connectivity index (χ4v) is 4.63. The molecule has 12 heteroatoms. The van der Waals surface area contributed by atoms with Crippen molar-refractivity contribution in [2.45, 2.75) is 32.5 Å². The minimum atomic E-state index is -4.86. The van der Waals surface area contributed by atoms with Crippen molar-refractivity contribution in [1.82, 2.24) is 0 Å². The second-order valence-corrected chi connectivity index (χ2v) is 9.70. The van der Waals surface area contributed by atoms with Gasteiger partial charge in [0.25, 0.3) is 0 Å². The number of nitrogens with zero attached hydrogens (tertiary/aromatic N) is 1.